The smallest absolute Gasteiger partial charge is 0.417 e. The maximum Gasteiger partial charge on any atom is 0.417 e. The Hall–Kier alpha value is -3.03. The molecular formula is C18H16F3NO4. The molecule has 1 heterocycles. The number of nitrogens with zero attached hydrogens (tertiary/aromatic N) is 1. The molecule has 0 radical (unpaired) electrons. The normalized spacial score (nSPS) is 11.8. The Morgan fingerprint density at radius 3 is 2.42 bits per heavy atom. The lowest BCUT2D eigenvalue weighted by atomic mass is 10.1. The van der Waals surface area contributed by atoms with E-state index >= 15 is 0 Å². The number of carbonyl (C=O) groups is 1. The summed E-state index contributed by atoms with van der Waals surface area (Å²) in [7, 11) is 2.55. The van der Waals surface area contributed by atoms with Crippen molar-refractivity contribution in [3.8, 4) is 17.0 Å². The Bertz CT molecular complexity index is 814. The number of pyridine rings is 1. The van der Waals surface area contributed by atoms with Crippen molar-refractivity contribution in [3.05, 3.63) is 59.7 Å². The number of aryl methyl sites for hydroxylation is 1. The first-order valence-electron chi connectivity index (χ1n) is 7.39. The molecule has 138 valence electrons. The zero-order valence-electron chi connectivity index (χ0n) is 14.3. The second-order valence-corrected chi connectivity index (χ2v) is 5.22. The van der Waals surface area contributed by atoms with Gasteiger partial charge in [0.1, 0.15) is 12.0 Å². The minimum absolute atomic E-state index is 0.171. The standard InChI is InChI=1S/C18H16F3NO4/c1-11-4-5-12(14-7-6-13(9-22-14)18(19,20)21)8-15(11)26-16(10-24-2)17(23)25-3/h4-10H,1-3H3. The monoisotopic (exact) mass is 367 g/mol. The number of hydrogen-bond donors (Lipinski definition) is 0. The summed E-state index contributed by atoms with van der Waals surface area (Å²) < 4.78 is 52.9. The van der Waals surface area contributed by atoms with Gasteiger partial charge in [0.15, 0.2) is 0 Å². The average Bonchev–Trinajstić information content (AvgIpc) is 2.61. The fourth-order valence-corrected chi connectivity index (χ4v) is 2.04. The van der Waals surface area contributed by atoms with Crippen LogP contribution in [-0.4, -0.2) is 25.2 Å². The van der Waals surface area contributed by atoms with Crippen LogP contribution in [0.5, 0.6) is 5.75 Å². The Labute approximate surface area is 148 Å². The Kier molecular flexibility index (Phi) is 5.86. The van der Waals surface area contributed by atoms with E-state index in [1.54, 1.807) is 25.1 Å². The molecule has 0 aliphatic carbocycles. The molecule has 0 unspecified atom stereocenters. The molecule has 0 spiro atoms. The first-order valence-corrected chi connectivity index (χ1v) is 7.39. The summed E-state index contributed by atoms with van der Waals surface area (Å²) in [6, 6.07) is 7.18. The summed E-state index contributed by atoms with van der Waals surface area (Å²) in [5.74, 6) is -0.585. The van der Waals surface area contributed by atoms with Gasteiger partial charge in [0.05, 0.1) is 25.5 Å². The highest BCUT2D eigenvalue weighted by molar-refractivity contribution is 5.86. The lowest BCUT2D eigenvalue weighted by Gasteiger charge is -2.12. The highest BCUT2D eigenvalue weighted by Gasteiger charge is 2.30. The SMILES string of the molecule is COC=C(Oc1cc(-c2ccc(C(F)(F)F)cn2)ccc1C)C(=O)OC. The van der Waals surface area contributed by atoms with Gasteiger partial charge < -0.3 is 14.2 Å². The summed E-state index contributed by atoms with van der Waals surface area (Å²) >= 11 is 0. The molecular weight excluding hydrogens is 351 g/mol. The Morgan fingerprint density at radius 1 is 1.15 bits per heavy atom. The molecule has 0 aliphatic heterocycles. The molecule has 0 aliphatic rings. The van der Waals surface area contributed by atoms with Crippen molar-refractivity contribution in [2.75, 3.05) is 14.2 Å². The van der Waals surface area contributed by atoms with Crippen molar-refractivity contribution in [2.24, 2.45) is 0 Å². The third kappa shape index (κ3) is 4.53. The van der Waals surface area contributed by atoms with Crippen LogP contribution in [-0.2, 0) is 20.4 Å². The van der Waals surface area contributed by atoms with E-state index in [1.165, 1.54) is 20.3 Å². The number of rotatable bonds is 5. The zero-order chi connectivity index (χ0) is 19.3. The van der Waals surface area contributed by atoms with Crippen LogP contribution in [0.4, 0.5) is 13.2 Å². The van der Waals surface area contributed by atoms with E-state index in [-0.39, 0.29) is 5.76 Å². The molecule has 0 bridgehead atoms. The lowest BCUT2D eigenvalue weighted by molar-refractivity contribution is -0.139. The van der Waals surface area contributed by atoms with Gasteiger partial charge >= 0.3 is 12.1 Å². The number of halogens is 3. The van der Waals surface area contributed by atoms with E-state index in [9.17, 15) is 18.0 Å². The number of benzene rings is 1. The fourth-order valence-electron chi connectivity index (χ4n) is 2.04. The Morgan fingerprint density at radius 2 is 1.88 bits per heavy atom. The number of alkyl halides is 3. The lowest BCUT2D eigenvalue weighted by Crippen LogP contribution is -2.11. The molecule has 1 aromatic heterocycles. The molecule has 0 saturated heterocycles. The third-order valence-electron chi connectivity index (χ3n) is 3.41. The van der Waals surface area contributed by atoms with Gasteiger partial charge in [-0.05, 0) is 30.7 Å². The second-order valence-electron chi connectivity index (χ2n) is 5.22. The topological polar surface area (TPSA) is 57.7 Å². The number of aromatic nitrogens is 1. The maximum atomic E-state index is 12.6. The van der Waals surface area contributed by atoms with Crippen molar-refractivity contribution >= 4 is 5.97 Å². The van der Waals surface area contributed by atoms with Gasteiger partial charge in [0.25, 0.3) is 0 Å². The Balaban J connectivity index is 2.35. The maximum absolute atomic E-state index is 12.6. The molecule has 0 amide bonds. The number of hydrogen-bond acceptors (Lipinski definition) is 5. The third-order valence-corrected chi connectivity index (χ3v) is 3.41. The largest absolute Gasteiger partial charge is 0.500 e. The zero-order valence-corrected chi connectivity index (χ0v) is 14.3. The first kappa shape index (κ1) is 19.3. The van der Waals surface area contributed by atoms with Gasteiger partial charge in [-0.1, -0.05) is 12.1 Å². The van der Waals surface area contributed by atoms with Gasteiger partial charge in [-0.2, -0.15) is 13.2 Å². The van der Waals surface area contributed by atoms with Crippen molar-refractivity contribution in [2.45, 2.75) is 13.1 Å². The number of esters is 1. The first-order chi connectivity index (χ1) is 12.3. The number of ether oxygens (including phenoxy) is 3. The minimum atomic E-state index is -4.45. The molecule has 0 saturated carbocycles. The van der Waals surface area contributed by atoms with Crippen molar-refractivity contribution in [1.82, 2.24) is 4.98 Å². The summed E-state index contributed by atoms with van der Waals surface area (Å²) in [6.45, 7) is 1.75. The summed E-state index contributed by atoms with van der Waals surface area (Å²) in [4.78, 5) is 15.5. The van der Waals surface area contributed by atoms with E-state index in [0.29, 0.717) is 22.6 Å². The van der Waals surface area contributed by atoms with Gasteiger partial charge in [-0.3, -0.25) is 4.98 Å². The van der Waals surface area contributed by atoms with E-state index in [1.807, 2.05) is 0 Å². The molecule has 26 heavy (non-hydrogen) atoms. The minimum Gasteiger partial charge on any atom is -0.500 e. The quantitative estimate of drug-likeness (QED) is 0.452. The number of carbonyl (C=O) groups excluding carboxylic acids is 1. The molecule has 1 aromatic carbocycles. The van der Waals surface area contributed by atoms with Crippen LogP contribution in [0.2, 0.25) is 0 Å². The molecule has 8 heteroatoms. The highest BCUT2D eigenvalue weighted by Crippen LogP contribution is 2.31. The van der Waals surface area contributed by atoms with E-state index < -0.39 is 17.7 Å². The van der Waals surface area contributed by atoms with Crippen LogP contribution >= 0.6 is 0 Å². The van der Waals surface area contributed by atoms with Gasteiger partial charge in [-0.15, -0.1) is 0 Å². The van der Waals surface area contributed by atoms with Gasteiger partial charge in [-0.25, -0.2) is 4.79 Å². The molecule has 0 N–H and O–H groups in total. The molecule has 2 rings (SSSR count). The van der Waals surface area contributed by atoms with E-state index in [4.69, 9.17) is 9.47 Å². The van der Waals surface area contributed by atoms with E-state index in [2.05, 4.69) is 9.72 Å². The summed E-state index contributed by atoms with van der Waals surface area (Å²) in [5, 5.41) is 0. The van der Waals surface area contributed by atoms with Crippen LogP contribution in [0.15, 0.2) is 48.5 Å². The predicted octanol–water partition coefficient (Wildman–Crippen LogP) is 4.12. The average molecular weight is 367 g/mol. The van der Waals surface area contributed by atoms with Crippen LogP contribution in [0.25, 0.3) is 11.3 Å². The van der Waals surface area contributed by atoms with Crippen LogP contribution in [0.3, 0.4) is 0 Å². The van der Waals surface area contributed by atoms with Gasteiger partial charge in [0.2, 0.25) is 5.76 Å². The van der Waals surface area contributed by atoms with Crippen LogP contribution < -0.4 is 4.74 Å². The fraction of sp³-hybridized carbons (Fsp3) is 0.222. The molecule has 0 atom stereocenters. The highest BCUT2D eigenvalue weighted by atomic mass is 19.4. The summed E-state index contributed by atoms with van der Waals surface area (Å²) in [5.41, 5.74) is 0.728. The second kappa shape index (κ2) is 7.90. The molecule has 2 aromatic rings. The van der Waals surface area contributed by atoms with Crippen LogP contribution in [0, 0.1) is 6.92 Å². The van der Waals surface area contributed by atoms with Gasteiger partial charge in [0, 0.05) is 11.8 Å². The van der Waals surface area contributed by atoms with Crippen molar-refractivity contribution < 1.29 is 32.2 Å². The molecule has 5 nitrogen and oxygen atoms in total. The van der Waals surface area contributed by atoms with Crippen LogP contribution in [0.1, 0.15) is 11.1 Å². The van der Waals surface area contributed by atoms with Crippen molar-refractivity contribution in [1.29, 1.82) is 0 Å². The summed E-state index contributed by atoms with van der Waals surface area (Å²) in [6.07, 6.45) is -2.60. The van der Waals surface area contributed by atoms with Crippen molar-refractivity contribution in [3.63, 3.8) is 0 Å². The molecule has 0 fully saturated rings. The predicted molar refractivity (Wildman–Crippen MR) is 87.1 cm³/mol. The van der Waals surface area contributed by atoms with E-state index in [0.717, 1.165) is 18.5 Å². The number of methoxy groups -OCH3 is 2.